The summed E-state index contributed by atoms with van der Waals surface area (Å²) in [6.45, 7) is 6.45. The summed E-state index contributed by atoms with van der Waals surface area (Å²) < 4.78 is 39.3. The molecule has 0 bridgehead atoms. The first-order valence-corrected chi connectivity index (χ1v) is 9.72. The van der Waals surface area contributed by atoms with Crippen LogP contribution in [0, 0.1) is 11.7 Å². The van der Waals surface area contributed by atoms with E-state index in [0.29, 0.717) is 31.5 Å². The molecule has 1 aliphatic rings. The molecule has 1 fully saturated rings. The van der Waals surface area contributed by atoms with Gasteiger partial charge in [0.1, 0.15) is 5.82 Å². The van der Waals surface area contributed by atoms with Gasteiger partial charge in [-0.25, -0.2) is 17.1 Å². The Morgan fingerprint density at radius 1 is 1.21 bits per heavy atom. The highest BCUT2D eigenvalue weighted by atomic mass is 32.2. The molecule has 0 aromatic heterocycles. The number of piperidine rings is 1. The Hall–Kier alpha value is -1.47. The topological polar surface area (TPSA) is 66.5 Å². The number of sulfonamides is 1. The number of amides is 1. The third-order valence-corrected chi connectivity index (χ3v) is 5.83. The van der Waals surface area contributed by atoms with Gasteiger partial charge in [0.25, 0.3) is 0 Å². The van der Waals surface area contributed by atoms with E-state index in [0.717, 1.165) is 0 Å². The molecule has 24 heavy (non-hydrogen) atoms. The van der Waals surface area contributed by atoms with Gasteiger partial charge < -0.3 is 5.32 Å². The summed E-state index contributed by atoms with van der Waals surface area (Å²) in [7, 11) is -3.45. The van der Waals surface area contributed by atoms with Crippen molar-refractivity contribution in [2.45, 2.75) is 44.9 Å². The van der Waals surface area contributed by atoms with Crippen LogP contribution in [-0.2, 0) is 20.6 Å². The lowest BCUT2D eigenvalue weighted by Gasteiger charge is -2.32. The standard InChI is InChI=1S/C17H25FN2O3S/c1-17(2,3)19-16(21)14-8-10-20(11-9-14)24(22,23)12-13-4-6-15(18)7-5-13/h4-7,14H,8-12H2,1-3H3,(H,19,21). The molecule has 1 saturated heterocycles. The molecule has 7 heteroatoms. The quantitative estimate of drug-likeness (QED) is 0.900. The highest BCUT2D eigenvalue weighted by molar-refractivity contribution is 7.88. The van der Waals surface area contributed by atoms with Crippen molar-refractivity contribution in [3.8, 4) is 0 Å². The van der Waals surface area contributed by atoms with Gasteiger partial charge in [-0.2, -0.15) is 0 Å². The van der Waals surface area contributed by atoms with Crippen molar-refractivity contribution in [2.75, 3.05) is 13.1 Å². The lowest BCUT2D eigenvalue weighted by atomic mass is 9.96. The fraction of sp³-hybridized carbons (Fsp3) is 0.588. The highest BCUT2D eigenvalue weighted by Crippen LogP contribution is 2.22. The molecule has 1 amide bonds. The van der Waals surface area contributed by atoms with Crippen LogP contribution < -0.4 is 5.32 Å². The van der Waals surface area contributed by atoms with Gasteiger partial charge in [0.2, 0.25) is 15.9 Å². The van der Waals surface area contributed by atoms with Crippen LogP contribution in [0.2, 0.25) is 0 Å². The molecule has 1 heterocycles. The summed E-state index contributed by atoms with van der Waals surface area (Å²) in [4.78, 5) is 12.2. The van der Waals surface area contributed by atoms with Gasteiger partial charge in [-0.05, 0) is 51.3 Å². The van der Waals surface area contributed by atoms with Gasteiger partial charge in [-0.15, -0.1) is 0 Å². The molecule has 0 aliphatic carbocycles. The van der Waals surface area contributed by atoms with Gasteiger partial charge in [-0.3, -0.25) is 4.79 Å². The maximum absolute atomic E-state index is 12.9. The van der Waals surface area contributed by atoms with E-state index in [1.54, 1.807) is 0 Å². The first-order valence-electron chi connectivity index (χ1n) is 8.11. The molecule has 0 spiro atoms. The van der Waals surface area contributed by atoms with E-state index in [2.05, 4.69) is 5.32 Å². The summed E-state index contributed by atoms with van der Waals surface area (Å²) in [6, 6.07) is 5.48. The number of nitrogens with one attached hydrogen (secondary N) is 1. The fourth-order valence-electron chi connectivity index (χ4n) is 2.75. The van der Waals surface area contributed by atoms with E-state index in [1.165, 1.54) is 28.6 Å². The number of benzene rings is 1. The maximum Gasteiger partial charge on any atom is 0.223 e. The average Bonchev–Trinajstić information content (AvgIpc) is 2.48. The first-order chi connectivity index (χ1) is 11.1. The van der Waals surface area contributed by atoms with Crippen LogP contribution in [0.4, 0.5) is 4.39 Å². The molecule has 0 unspecified atom stereocenters. The molecule has 0 radical (unpaired) electrons. The number of hydrogen-bond acceptors (Lipinski definition) is 3. The third-order valence-electron chi connectivity index (χ3n) is 3.98. The van der Waals surface area contributed by atoms with E-state index in [-0.39, 0.29) is 28.9 Å². The number of hydrogen-bond donors (Lipinski definition) is 1. The van der Waals surface area contributed by atoms with Crippen LogP contribution in [0.15, 0.2) is 24.3 Å². The van der Waals surface area contributed by atoms with Crippen molar-refractivity contribution < 1.29 is 17.6 Å². The SMILES string of the molecule is CC(C)(C)NC(=O)C1CCN(S(=O)(=O)Cc2ccc(F)cc2)CC1. The summed E-state index contributed by atoms with van der Waals surface area (Å²) >= 11 is 0. The van der Waals surface area contributed by atoms with Crippen molar-refractivity contribution in [2.24, 2.45) is 5.92 Å². The minimum atomic E-state index is -3.45. The zero-order valence-corrected chi connectivity index (χ0v) is 15.2. The lowest BCUT2D eigenvalue weighted by molar-refractivity contribution is -0.127. The second-order valence-electron chi connectivity index (χ2n) is 7.30. The van der Waals surface area contributed by atoms with Crippen molar-refractivity contribution in [3.63, 3.8) is 0 Å². The van der Waals surface area contributed by atoms with Crippen molar-refractivity contribution in [1.29, 1.82) is 0 Å². The van der Waals surface area contributed by atoms with Gasteiger partial charge in [0, 0.05) is 24.5 Å². The van der Waals surface area contributed by atoms with Crippen molar-refractivity contribution in [1.82, 2.24) is 9.62 Å². The molecule has 1 N–H and O–H groups in total. The van der Waals surface area contributed by atoms with E-state index in [9.17, 15) is 17.6 Å². The molecule has 0 saturated carbocycles. The molecule has 0 atom stereocenters. The number of halogens is 1. The number of nitrogens with zero attached hydrogens (tertiary/aromatic N) is 1. The van der Waals surface area contributed by atoms with E-state index in [1.807, 2.05) is 20.8 Å². The normalized spacial score (nSPS) is 17.7. The molecule has 5 nitrogen and oxygen atoms in total. The van der Waals surface area contributed by atoms with Crippen LogP contribution in [0.25, 0.3) is 0 Å². The number of carbonyl (C=O) groups is 1. The van der Waals surface area contributed by atoms with Crippen LogP contribution in [0.5, 0.6) is 0 Å². The summed E-state index contributed by atoms with van der Waals surface area (Å²) in [6.07, 6.45) is 1.04. The summed E-state index contributed by atoms with van der Waals surface area (Å²) in [5, 5.41) is 2.95. The molecule has 1 aliphatic heterocycles. The Kier molecular flexibility index (Phi) is 5.65. The predicted molar refractivity (Wildman–Crippen MR) is 91.2 cm³/mol. The molecular formula is C17H25FN2O3S. The fourth-order valence-corrected chi connectivity index (χ4v) is 4.31. The monoisotopic (exact) mass is 356 g/mol. The molecule has 2 rings (SSSR count). The van der Waals surface area contributed by atoms with Gasteiger partial charge in [0.05, 0.1) is 5.75 Å². The maximum atomic E-state index is 12.9. The lowest BCUT2D eigenvalue weighted by Crippen LogP contribution is -2.48. The predicted octanol–water partition coefficient (Wildman–Crippen LogP) is 2.28. The zero-order chi connectivity index (χ0) is 18.0. The van der Waals surface area contributed by atoms with Crippen molar-refractivity contribution >= 4 is 15.9 Å². The Bertz CT molecular complexity index is 673. The number of carbonyl (C=O) groups excluding carboxylic acids is 1. The smallest absolute Gasteiger partial charge is 0.223 e. The zero-order valence-electron chi connectivity index (χ0n) is 14.4. The first kappa shape index (κ1) is 18.9. The van der Waals surface area contributed by atoms with E-state index in [4.69, 9.17) is 0 Å². The largest absolute Gasteiger partial charge is 0.351 e. The van der Waals surface area contributed by atoms with E-state index < -0.39 is 10.0 Å². The second kappa shape index (κ2) is 7.19. The van der Waals surface area contributed by atoms with Crippen LogP contribution in [0.1, 0.15) is 39.2 Å². The molecule has 134 valence electrons. The minimum Gasteiger partial charge on any atom is -0.351 e. The van der Waals surface area contributed by atoms with Crippen LogP contribution >= 0.6 is 0 Å². The minimum absolute atomic E-state index is 0.0157. The molecular weight excluding hydrogens is 331 g/mol. The number of rotatable bonds is 4. The summed E-state index contributed by atoms with van der Waals surface area (Å²) in [5.41, 5.74) is 0.270. The third kappa shape index (κ3) is 5.27. The van der Waals surface area contributed by atoms with Gasteiger partial charge >= 0.3 is 0 Å². The molecule has 1 aromatic carbocycles. The average molecular weight is 356 g/mol. The Morgan fingerprint density at radius 3 is 2.25 bits per heavy atom. The van der Waals surface area contributed by atoms with Gasteiger partial charge in [-0.1, -0.05) is 12.1 Å². The van der Waals surface area contributed by atoms with E-state index >= 15 is 0 Å². The Morgan fingerprint density at radius 2 is 1.75 bits per heavy atom. The second-order valence-corrected chi connectivity index (χ2v) is 9.26. The summed E-state index contributed by atoms with van der Waals surface area (Å²) in [5.74, 6) is -0.701. The van der Waals surface area contributed by atoms with Crippen LogP contribution in [0.3, 0.4) is 0 Å². The van der Waals surface area contributed by atoms with Gasteiger partial charge in [0.15, 0.2) is 0 Å². The highest BCUT2D eigenvalue weighted by Gasteiger charge is 2.32. The Labute approximate surface area is 143 Å². The van der Waals surface area contributed by atoms with Crippen molar-refractivity contribution in [3.05, 3.63) is 35.6 Å². The molecule has 1 aromatic rings. The van der Waals surface area contributed by atoms with Crippen LogP contribution in [-0.4, -0.2) is 37.3 Å². The Balaban J connectivity index is 1.93.